The van der Waals surface area contributed by atoms with Crippen LogP contribution in [-0.4, -0.2) is 49.2 Å². The Morgan fingerprint density at radius 2 is 2.25 bits per heavy atom. The summed E-state index contributed by atoms with van der Waals surface area (Å²) < 4.78 is 4.97. The first-order chi connectivity index (χ1) is 9.51. The summed E-state index contributed by atoms with van der Waals surface area (Å²) in [7, 11) is 3.57. The summed E-state index contributed by atoms with van der Waals surface area (Å²) in [5.41, 5.74) is 0.453. The Morgan fingerprint density at radius 3 is 2.85 bits per heavy atom. The molecule has 2 rings (SSSR count). The van der Waals surface area contributed by atoms with E-state index in [0.717, 1.165) is 19.5 Å². The number of likely N-dealkylation sites (tertiary alicyclic amines) is 1. The zero-order chi connectivity index (χ0) is 14.7. The van der Waals surface area contributed by atoms with Gasteiger partial charge in [-0.15, -0.1) is 0 Å². The summed E-state index contributed by atoms with van der Waals surface area (Å²) >= 11 is 0. The summed E-state index contributed by atoms with van der Waals surface area (Å²) in [5, 5.41) is 12.8. The van der Waals surface area contributed by atoms with Gasteiger partial charge in [-0.1, -0.05) is 6.92 Å². The molecule has 1 aliphatic rings. The fourth-order valence-corrected chi connectivity index (χ4v) is 2.65. The molecule has 1 aromatic carbocycles. The predicted molar refractivity (Wildman–Crippen MR) is 77.2 cm³/mol. The van der Waals surface area contributed by atoms with E-state index in [-0.39, 0.29) is 17.7 Å². The van der Waals surface area contributed by atoms with E-state index in [2.05, 4.69) is 24.2 Å². The number of piperidine rings is 1. The Bertz CT molecular complexity index is 490. The highest BCUT2D eigenvalue weighted by atomic mass is 16.5. The summed E-state index contributed by atoms with van der Waals surface area (Å²) in [4.78, 5) is 14.5. The van der Waals surface area contributed by atoms with E-state index in [1.165, 1.54) is 13.2 Å². The fraction of sp³-hybridized carbons (Fsp3) is 0.533. The van der Waals surface area contributed by atoms with Gasteiger partial charge in [0, 0.05) is 18.2 Å². The number of amides is 1. The molecule has 2 N–H and O–H groups in total. The fourth-order valence-electron chi connectivity index (χ4n) is 2.65. The summed E-state index contributed by atoms with van der Waals surface area (Å²) in [6, 6.07) is 4.88. The van der Waals surface area contributed by atoms with Crippen molar-refractivity contribution in [2.75, 3.05) is 27.2 Å². The zero-order valence-corrected chi connectivity index (χ0v) is 12.2. The number of nitrogens with one attached hydrogen (secondary N) is 1. The molecule has 5 nitrogen and oxygen atoms in total. The largest absolute Gasteiger partial charge is 0.504 e. The number of ether oxygens (including phenoxy) is 1. The minimum atomic E-state index is -0.149. The number of phenolic OH excluding ortho intramolecular Hbond substituents is 1. The second kappa shape index (κ2) is 6.13. The van der Waals surface area contributed by atoms with Gasteiger partial charge in [-0.2, -0.15) is 0 Å². The number of hydrogen-bond donors (Lipinski definition) is 2. The van der Waals surface area contributed by atoms with Crippen LogP contribution in [0, 0.1) is 5.92 Å². The number of benzene rings is 1. The van der Waals surface area contributed by atoms with Crippen LogP contribution in [0.3, 0.4) is 0 Å². The van der Waals surface area contributed by atoms with Crippen molar-refractivity contribution < 1.29 is 14.6 Å². The number of nitrogens with zero attached hydrogens (tertiary/aromatic N) is 1. The first-order valence-corrected chi connectivity index (χ1v) is 6.87. The molecule has 0 aromatic heterocycles. The van der Waals surface area contributed by atoms with Crippen molar-refractivity contribution >= 4 is 5.91 Å². The molecular weight excluding hydrogens is 256 g/mol. The van der Waals surface area contributed by atoms with Crippen molar-refractivity contribution in [1.82, 2.24) is 10.2 Å². The van der Waals surface area contributed by atoms with Gasteiger partial charge in [0.15, 0.2) is 11.5 Å². The van der Waals surface area contributed by atoms with Crippen LogP contribution in [0.5, 0.6) is 11.5 Å². The van der Waals surface area contributed by atoms with E-state index in [1.807, 2.05) is 0 Å². The van der Waals surface area contributed by atoms with Gasteiger partial charge in [-0.25, -0.2) is 0 Å². The lowest BCUT2D eigenvalue weighted by Gasteiger charge is -2.35. The summed E-state index contributed by atoms with van der Waals surface area (Å²) in [6.45, 7) is 4.12. The van der Waals surface area contributed by atoms with E-state index in [4.69, 9.17) is 4.74 Å². The van der Waals surface area contributed by atoms with Crippen molar-refractivity contribution in [2.24, 2.45) is 5.92 Å². The SMILES string of the molecule is COc1ccc(C(=O)NC2CCN(C)CC2C)cc1O. The predicted octanol–water partition coefficient (Wildman–Crippen LogP) is 1.47. The molecule has 0 bridgehead atoms. The van der Waals surface area contributed by atoms with Crippen LogP contribution in [0.15, 0.2) is 18.2 Å². The summed E-state index contributed by atoms with van der Waals surface area (Å²) in [5.74, 6) is 0.625. The molecule has 1 aliphatic heterocycles. The van der Waals surface area contributed by atoms with Gasteiger partial charge in [0.1, 0.15) is 0 Å². The lowest BCUT2D eigenvalue weighted by atomic mass is 9.94. The first-order valence-electron chi connectivity index (χ1n) is 6.87. The molecule has 0 saturated carbocycles. The van der Waals surface area contributed by atoms with Crippen molar-refractivity contribution in [2.45, 2.75) is 19.4 Å². The van der Waals surface area contributed by atoms with E-state index in [1.54, 1.807) is 12.1 Å². The number of carbonyl (C=O) groups excluding carboxylic acids is 1. The maximum atomic E-state index is 12.2. The third-order valence-corrected chi connectivity index (χ3v) is 3.87. The number of rotatable bonds is 3. The zero-order valence-electron chi connectivity index (χ0n) is 12.2. The Labute approximate surface area is 119 Å². The number of phenols is 1. The Balaban J connectivity index is 2.03. The molecule has 2 unspecified atom stereocenters. The second-order valence-electron chi connectivity index (χ2n) is 5.49. The van der Waals surface area contributed by atoms with Crippen LogP contribution in [0.25, 0.3) is 0 Å². The topological polar surface area (TPSA) is 61.8 Å². The molecule has 5 heteroatoms. The van der Waals surface area contributed by atoms with Gasteiger partial charge in [-0.05, 0) is 44.1 Å². The number of aromatic hydroxyl groups is 1. The smallest absolute Gasteiger partial charge is 0.251 e. The standard InChI is InChI=1S/C15H22N2O3/c1-10-9-17(2)7-6-12(10)16-15(19)11-4-5-14(20-3)13(18)8-11/h4-5,8,10,12,18H,6-7,9H2,1-3H3,(H,16,19). The Kier molecular flexibility index (Phi) is 4.49. The molecule has 1 amide bonds. The average Bonchev–Trinajstić information content (AvgIpc) is 2.41. The molecular formula is C15H22N2O3. The molecule has 1 heterocycles. The van der Waals surface area contributed by atoms with Crippen LogP contribution in [0.2, 0.25) is 0 Å². The van der Waals surface area contributed by atoms with E-state index >= 15 is 0 Å². The maximum Gasteiger partial charge on any atom is 0.251 e. The lowest BCUT2D eigenvalue weighted by Crippen LogP contribution is -2.48. The van der Waals surface area contributed by atoms with E-state index in [9.17, 15) is 9.90 Å². The van der Waals surface area contributed by atoms with Crippen LogP contribution in [0.4, 0.5) is 0 Å². The minimum Gasteiger partial charge on any atom is -0.504 e. The van der Waals surface area contributed by atoms with Gasteiger partial charge in [0.2, 0.25) is 0 Å². The van der Waals surface area contributed by atoms with Crippen molar-refractivity contribution in [3.8, 4) is 11.5 Å². The molecule has 2 atom stereocenters. The van der Waals surface area contributed by atoms with Crippen molar-refractivity contribution in [1.29, 1.82) is 0 Å². The number of carbonyl (C=O) groups is 1. The van der Waals surface area contributed by atoms with Gasteiger partial charge in [0.25, 0.3) is 5.91 Å². The highest BCUT2D eigenvalue weighted by Crippen LogP contribution is 2.26. The maximum absolute atomic E-state index is 12.2. The lowest BCUT2D eigenvalue weighted by molar-refractivity contribution is 0.0883. The van der Waals surface area contributed by atoms with Crippen LogP contribution in [-0.2, 0) is 0 Å². The minimum absolute atomic E-state index is 0.0171. The normalized spacial score (nSPS) is 23.4. The molecule has 0 spiro atoms. The van der Waals surface area contributed by atoms with E-state index < -0.39 is 0 Å². The Morgan fingerprint density at radius 1 is 1.50 bits per heavy atom. The van der Waals surface area contributed by atoms with Gasteiger partial charge in [0.05, 0.1) is 7.11 Å². The van der Waals surface area contributed by atoms with Crippen LogP contribution < -0.4 is 10.1 Å². The van der Waals surface area contributed by atoms with Gasteiger partial charge < -0.3 is 20.1 Å². The molecule has 0 radical (unpaired) electrons. The molecule has 1 aromatic rings. The van der Waals surface area contributed by atoms with Crippen molar-refractivity contribution in [3.63, 3.8) is 0 Å². The second-order valence-corrected chi connectivity index (χ2v) is 5.49. The average molecular weight is 278 g/mol. The quantitative estimate of drug-likeness (QED) is 0.879. The highest BCUT2D eigenvalue weighted by Gasteiger charge is 2.25. The third-order valence-electron chi connectivity index (χ3n) is 3.87. The van der Waals surface area contributed by atoms with Gasteiger partial charge in [-0.3, -0.25) is 4.79 Å². The van der Waals surface area contributed by atoms with E-state index in [0.29, 0.717) is 17.2 Å². The number of methoxy groups -OCH3 is 1. The number of hydrogen-bond acceptors (Lipinski definition) is 4. The highest BCUT2D eigenvalue weighted by molar-refractivity contribution is 5.95. The summed E-state index contributed by atoms with van der Waals surface area (Å²) in [6.07, 6.45) is 0.950. The van der Waals surface area contributed by atoms with Crippen LogP contribution in [0.1, 0.15) is 23.7 Å². The van der Waals surface area contributed by atoms with Gasteiger partial charge >= 0.3 is 0 Å². The molecule has 1 saturated heterocycles. The molecule has 20 heavy (non-hydrogen) atoms. The molecule has 110 valence electrons. The molecule has 0 aliphatic carbocycles. The first kappa shape index (κ1) is 14.7. The Hall–Kier alpha value is -1.75. The van der Waals surface area contributed by atoms with Crippen molar-refractivity contribution in [3.05, 3.63) is 23.8 Å². The molecule has 1 fully saturated rings. The monoisotopic (exact) mass is 278 g/mol. The third kappa shape index (κ3) is 3.22. The van der Waals surface area contributed by atoms with Crippen LogP contribution >= 0.6 is 0 Å².